The van der Waals surface area contributed by atoms with Gasteiger partial charge in [0.05, 0.1) is 24.2 Å². The molecule has 1 saturated carbocycles. The molecule has 0 spiro atoms. The van der Waals surface area contributed by atoms with Crippen molar-refractivity contribution >= 4 is 34.4 Å². The molecule has 5 N–H and O–H groups in total. The summed E-state index contributed by atoms with van der Waals surface area (Å²) < 4.78 is 0. The van der Waals surface area contributed by atoms with E-state index in [1.807, 2.05) is 6.07 Å². The molecule has 4 atom stereocenters. The normalized spacial score (nSPS) is 28.5. The number of aliphatic hydroxyl groups excluding tert-OH is 3. The topological polar surface area (TPSA) is 156 Å². The number of fused-ring (bicyclic) bond motifs is 1. The molecule has 1 saturated heterocycles. The van der Waals surface area contributed by atoms with Gasteiger partial charge < -0.3 is 30.5 Å². The molecular formula is C19H23ClN8O3. The Kier molecular flexibility index (Phi) is 5.13. The number of aliphatic hydroxyl groups is 3. The number of halogens is 1. The summed E-state index contributed by atoms with van der Waals surface area (Å²) in [6.07, 6.45) is 1.11. The molecule has 1 aliphatic heterocycles. The fourth-order valence-corrected chi connectivity index (χ4v) is 4.62. The maximum atomic E-state index is 10.5. The molecule has 164 valence electrons. The van der Waals surface area contributed by atoms with Crippen LogP contribution in [0.5, 0.6) is 0 Å². The summed E-state index contributed by atoms with van der Waals surface area (Å²) in [6.45, 7) is 1.20. The van der Waals surface area contributed by atoms with E-state index in [9.17, 15) is 15.3 Å². The summed E-state index contributed by atoms with van der Waals surface area (Å²) in [7, 11) is 0. The van der Waals surface area contributed by atoms with E-state index < -0.39 is 17.6 Å². The van der Waals surface area contributed by atoms with Crippen LogP contribution in [0.15, 0.2) is 18.5 Å². The summed E-state index contributed by atoms with van der Waals surface area (Å²) in [5.74, 6) is 1.77. The van der Waals surface area contributed by atoms with E-state index in [0.717, 1.165) is 18.8 Å². The van der Waals surface area contributed by atoms with Crippen LogP contribution in [-0.4, -0.2) is 83.4 Å². The summed E-state index contributed by atoms with van der Waals surface area (Å²) in [5, 5.41) is 42.4. The average molecular weight is 447 g/mol. The highest BCUT2D eigenvalue weighted by atomic mass is 35.5. The second kappa shape index (κ2) is 7.83. The van der Waals surface area contributed by atoms with E-state index in [4.69, 9.17) is 11.6 Å². The molecule has 1 aliphatic carbocycles. The molecule has 0 bridgehead atoms. The van der Waals surface area contributed by atoms with Gasteiger partial charge in [-0.1, -0.05) is 11.6 Å². The van der Waals surface area contributed by atoms with Crippen molar-refractivity contribution in [1.82, 2.24) is 30.1 Å². The monoisotopic (exact) mass is 446 g/mol. The smallest absolute Gasteiger partial charge is 0.183 e. The zero-order valence-electron chi connectivity index (χ0n) is 16.6. The molecule has 12 heteroatoms. The van der Waals surface area contributed by atoms with Gasteiger partial charge in [-0.2, -0.15) is 0 Å². The minimum absolute atomic E-state index is 0.119. The third-order valence-electron chi connectivity index (χ3n) is 6.33. The van der Waals surface area contributed by atoms with Crippen molar-refractivity contribution in [2.24, 2.45) is 0 Å². The number of hydrogen-bond acceptors (Lipinski definition) is 10. The van der Waals surface area contributed by atoms with Crippen LogP contribution in [0, 0.1) is 0 Å². The summed E-state index contributed by atoms with van der Waals surface area (Å²) in [5.41, 5.74) is -0.00888. The number of nitrogens with zero attached hydrogens (tertiary/aromatic N) is 6. The van der Waals surface area contributed by atoms with Crippen molar-refractivity contribution in [3.63, 3.8) is 0 Å². The number of imidazole rings is 1. The summed E-state index contributed by atoms with van der Waals surface area (Å²) >= 11 is 5.82. The maximum absolute atomic E-state index is 10.5. The standard InChI is InChI=1S/C19H23ClN8O3/c20-12-1-2-13(27-26-12)28-6-4-10(7-28)23-16-14-17(22-9-21-16)25-18(24-14)19(8-29)5-3-11(30)15(19)31/h1-2,9-11,15,29-31H,3-8H2,(H2,21,22,23,24,25)/t10-,11+,15+,19+/m0/s1. The molecule has 0 aromatic carbocycles. The first-order valence-corrected chi connectivity index (χ1v) is 10.6. The molecule has 31 heavy (non-hydrogen) atoms. The Morgan fingerprint density at radius 3 is 2.81 bits per heavy atom. The number of aromatic amines is 1. The number of hydrogen-bond donors (Lipinski definition) is 5. The largest absolute Gasteiger partial charge is 0.395 e. The minimum atomic E-state index is -1.11. The lowest BCUT2D eigenvalue weighted by atomic mass is 9.84. The number of anilines is 2. The molecule has 0 unspecified atom stereocenters. The first-order chi connectivity index (χ1) is 15.0. The second-order valence-corrected chi connectivity index (χ2v) is 8.55. The first-order valence-electron chi connectivity index (χ1n) is 10.2. The second-order valence-electron chi connectivity index (χ2n) is 8.16. The lowest BCUT2D eigenvalue weighted by Crippen LogP contribution is -2.43. The SMILES string of the molecule is OC[C@]1(c2nc3ncnc(N[C@H]4CCN(c5ccc(Cl)nn5)C4)c3[nH]2)CC[C@@H](O)[C@H]1O. The highest BCUT2D eigenvalue weighted by molar-refractivity contribution is 6.29. The van der Waals surface area contributed by atoms with Crippen molar-refractivity contribution < 1.29 is 15.3 Å². The Morgan fingerprint density at radius 2 is 2.10 bits per heavy atom. The van der Waals surface area contributed by atoms with Crippen LogP contribution < -0.4 is 10.2 Å². The third kappa shape index (κ3) is 3.47. The van der Waals surface area contributed by atoms with E-state index in [-0.39, 0.29) is 12.6 Å². The fourth-order valence-electron chi connectivity index (χ4n) is 4.52. The Bertz CT molecular complexity index is 1080. The highest BCUT2D eigenvalue weighted by Gasteiger charge is 2.50. The lowest BCUT2D eigenvalue weighted by Gasteiger charge is -2.28. The molecule has 0 radical (unpaired) electrons. The van der Waals surface area contributed by atoms with E-state index in [2.05, 4.69) is 40.3 Å². The third-order valence-corrected chi connectivity index (χ3v) is 6.53. The van der Waals surface area contributed by atoms with Crippen LogP contribution in [-0.2, 0) is 5.41 Å². The summed E-state index contributed by atoms with van der Waals surface area (Å²) in [4.78, 5) is 18.4. The van der Waals surface area contributed by atoms with Crippen molar-refractivity contribution in [3.05, 3.63) is 29.4 Å². The highest BCUT2D eigenvalue weighted by Crippen LogP contribution is 2.40. The Balaban J connectivity index is 1.38. The van der Waals surface area contributed by atoms with Gasteiger partial charge in [-0.3, -0.25) is 0 Å². The van der Waals surface area contributed by atoms with Crippen LogP contribution >= 0.6 is 11.6 Å². The number of nitrogens with one attached hydrogen (secondary N) is 2. The van der Waals surface area contributed by atoms with Gasteiger partial charge in [0.1, 0.15) is 17.7 Å². The van der Waals surface area contributed by atoms with Crippen LogP contribution in [0.25, 0.3) is 11.2 Å². The summed E-state index contributed by atoms with van der Waals surface area (Å²) in [6, 6.07) is 3.68. The van der Waals surface area contributed by atoms with Gasteiger partial charge >= 0.3 is 0 Å². The predicted molar refractivity (Wildman–Crippen MR) is 113 cm³/mol. The van der Waals surface area contributed by atoms with E-state index in [1.165, 1.54) is 6.33 Å². The first kappa shape index (κ1) is 20.3. The van der Waals surface area contributed by atoms with E-state index >= 15 is 0 Å². The van der Waals surface area contributed by atoms with Gasteiger partial charge in [-0.25, -0.2) is 15.0 Å². The zero-order valence-corrected chi connectivity index (χ0v) is 17.4. The van der Waals surface area contributed by atoms with Gasteiger partial charge in [0.25, 0.3) is 0 Å². The molecule has 3 aromatic rings. The van der Waals surface area contributed by atoms with Crippen molar-refractivity contribution in [1.29, 1.82) is 0 Å². The fraction of sp³-hybridized carbons (Fsp3) is 0.526. The van der Waals surface area contributed by atoms with Crippen molar-refractivity contribution in [2.45, 2.75) is 42.9 Å². The zero-order chi connectivity index (χ0) is 21.6. The van der Waals surface area contributed by atoms with Crippen LogP contribution in [0.3, 0.4) is 0 Å². The average Bonchev–Trinajstić information content (AvgIpc) is 3.48. The molecular weight excluding hydrogens is 424 g/mol. The Labute approximate surface area is 182 Å². The quantitative estimate of drug-likeness (QED) is 0.367. The Morgan fingerprint density at radius 1 is 1.23 bits per heavy atom. The molecule has 3 aromatic heterocycles. The van der Waals surface area contributed by atoms with Gasteiger partial charge in [0.15, 0.2) is 22.4 Å². The van der Waals surface area contributed by atoms with Gasteiger partial charge in [0, 0.05) is 19.1 Å². The molecule has 0 amide bonds. The molecule has 5 rings (SSSR count). The van der Waals surface area contributed by atoms with Gasteiger partial charge in [0.2, 0.25) is 0 Å². The molecule has 2 aliphatic rings. The van der Waals surface area contributed by atoms with Crippen LogP contribution in [0.1, 0.15) is 25.1 Å². The van der Waals surface area contributed by atoms with Crippen LogP contribution in [0.2, 0.25) is 5.15 Å². The lowest BCUT2D eigenvalue weighted by molar-refractivity contribution is -0.0120. The number of rotatable bonds is 5. The molecule has 11 nitrogen and oxygen atoms in total. The van der Waals surface area contributed by atoms with Crippen LogP contribution in [0.4, 0.5) is 11.6 Å². The predicted octanol–water partition coefficient (Wildman–Crippen LogP) is 0.233. The van der Waals surface area contributed by atoms with Gasteiger partial charge in [-0.15, -0.1) is 10.2 Å². The number of H-pyrrole nitrogens is 1. The number of aromatic nitrogens is 6. The van der Waals surface area contributed by atoms with E-state index in [1.54, 1.807) is 6.07 Å². The molecule has 4 heterocycles. The van der Waals surface area contributed by atoms with E-state index in [0.29, 0.717) is 47.3 Å². The van der Waals surface area contributed by atoms with Gasteiger partial charge in [-0.05, 0) is 31.4 Å². The van der Waals surface area contributed by atoms with Crippen molar-refractivity contribution in [3.8, 4) is 0 Å². The maximum Gasteiger partial charge on any atom is 0.183 e. The van der Waals surface area contributed by atoms with Crippen molar-refractivity contribution in [2.75, 3.05) is 29.9 Å². The minimum Gasteiger partial charge on any atom is -0.395 e. The molecule has 2 fully saturated rings. The Hall–Kier alpha value is -2.60.